The molecule has 130 valence electrons. The van der Waals surface area contributed by atoms with E-state index in [-0.39, 0.29) is 30.0 Å². The van der Waals surface area contributed by atoms with Crippen LogP contribution in [0.4, 0.5) is 0 Å². The Kier molecular flexibility index (Phi) is 9.48. The zero-order valence-corrected chi connectivity index (χ0v) is 16.8. The molecule has 0 spiro atoms. The van der Waals surface area contributed by atoms with Crippen LogP contribution in [-0.4, -0.2) is 31.1 Å². The molecule has 0 bridgehead atoms. The van der Waals surface area contributed by atoms with Gasteiger partial charge in [0.2, 0.25) is 0 Å². The molecule has 0 radical (unpaired) electrons. The molecule has 0 fully saturated rings. The van der Waals surface area contributed by atoms with Crippen LogP contribution in [0.1, 0.15) is 18.5 Å². The number of hydrogen-bond acceptors (Lipinski definition) is 3. The summed E-state index contributed by atoms with van der Waals surface area (Å²) in [5.41, 5.74) is 1.10. The zero-order chi connectivity index (χ0) is 16.5. The largest absolute Gasteiger partial charge is 0.490 e. The lowest BCUT2D eigenvalue weighted by Gasteiger charge is -2.18. The molecule has 24 heavy (non-hydrogen) atoms. The van der Waals surface area contributed by atoms with Crippen LogP contribution in [0, 0.1) is 0 Å². The van der Waals surface area contributed by atoms with Crippen LogP contribution in [0.2, 0.25) is 5.02 Å². The lowest BCUT2D eigenvalue weighted by molar-refractivity contribution is 0.320. The quantitative estimate of drug-likeness (QED) is 0.299. The van der Waals surface area contributed by atoms with Gasteiger partial charge in [0, 0.05) is 18.3 Å². The third-order valence-electron chi connectivity index (χ3n) is 3.22. The number of pyridine rings is 1. The molecule has 1 unspecified atom stereocenters. The number of aromatic nitrogens is 1. The van der Waals surface area contributed by atoms with Crippen LogP contribution < -0.4 is 15.4 Å². The summed E-state index contributed by atoms with van der Waals surface area (Å²) < 4.78 is 5.58. The lowest BCUT2D eigenvalue weighted by atomic mass is 10.1. The predicted molar refractivity (Wildman–Crippen MR) is 110 cm³/mol. The number of benzene rings is 1. The Morgan fingerprint density at radius 3 is 2.83 bits per heavy atom. The van der Waals surface area contributed by atoms with Gasteiger partial charge in [-0.3, -0.25) is 9.98 Å². The first-order chi connectivity index (χ1) is 11.2. The van der Waals surface area contributed by atoms with Gasteiger partial charge < -0.3 is 15.4 Å². The highest BCUT2D eigenvalue weighted by molar-refractivity contribution is 14.0. The molecular formula is C17H22ClIN4O. The summed E-state index contributed by atoms with van der Waals surface area (Å²) in [6.07, 6.45) is 3.41. The molecule has 5 nitrogen and oxygen atoms in total. The number of halogens is 2. The van der Waals surface area contributed by atoms with Gasteiger partial charge in [0.25, 0.3) is 0 Å². The van der Waals surface area contributed by atoms with E-state index in [1.165, 1.54) is 0 Å². The van der Waals surface area contributed by atoms with Crippen molar-refractivity contribution in [2.45, 2.75) is 13.0 Å². The first-order valence-corrected chi connectivity index (χ1v) is 7.82. The number of guanidine groups is 1. The van der Waals surface area contributed by atoms with Crippen molar-refractivity contribution in [2.24, 2.45) is 4.99 Å². The summed E-state index contributed by atoms with van der Waals surface area (Å²) >= 11 is 6.02. The fourth-order valence-electron chi connectivity index (χ4n) is 2.03. The molecule has 0 amide bonds. The fourth-order valence-corrected chi connectivity index (χ4v) is 2.23. The van der Waals surface area contributed by atoms with Gasteiger partial charge >= 0.3 is 0 Å². The second kappa shape index (κ2) is 11.1. The molecule has 1 aromatic carbocycles. The normalized spacial score (nSPS) is 12.0. The first kappa shape index (κ1) is 20.5. The summed E-state index contributed by atoms with van der Waals surface area (Å²) in [7, 11) is 1.74. The summed E-state index contributed by atoms with van der Waals surface area (Å²) in [4.78, 5) is 8.22. The van der Waals surface area contributed by atoms with E-state index in [1.54, 1.807) is 19.4 Å². The third-order valence-corrected chi connectivity index (χ3v) is 3.46. The number of ether oxygens (including phenoxy) is 1. The minimum Gasteiger partial charge on any atom is -0.490 e. The number of hydrogen-bond donors (Lipinski definition) is 2. The standard InChI is InChI=1S/C17H21ClN4O.HI/c1-13(14-5-3-6-15(18)11-14)22-17(19-2)21-9-10-23-16-7-4-8-20-12-16;/h3-8,11-13H,9-10H2,1-2H3,(H2,19,21,22);1H. The third kappa shape index (κ3) is 6.92. The summed E-state index contributed by atoms with van der Waals surface area (Å²) in [5, 5.41) is 7.26. The summed E-state index contributed by atoms with van der Waals surface area (Å²) in [5.74, 6) is 1.47. The van der Waals surface area contributed by atoms with Crippen LogP contribution in [0.5, 0.6) is 5.75 Å². The molecule has 0 saturated carbocycles. The van der Waals surface area contributed by atoms with E-state index in [1.807, 2.05) is 36.4 Å². The van der Waals surface area contributed by atoms with E-state index in [9.17, 15) is 0 Å². The Balaban J connectivity index is 0.00000288. The van der Waals surface area contributed by atoms with Crippen LogP contribution in [0.25, 0.3) is 0 Å². The van der Waals surface area contributed by atoms with Crippen molar-refractivity contribution in [1.29, 1.82) is 0 Å². The van der Waals surface area contributed by atoms with Gasteiger partial charge in [-0.05, 0) is 36.8 Å². The van der Waals surface area contributed by atoms with Crippen LogP contribution >= 0.6 is 35.6 Å². The average molecular weight is 461 g/mol. The molecule has 2 N–H and O–H groups in total. The molecule has 0 aliphatic carbocycles. The highest BCUT2D eigenvalue weighted by Gasteiger charge is 2.07. The Morgan fingerprint density at radius 2 is 2.17 bits per heavy atom. The zero-order valence-electron chi connectivity index (χ0n) is 13.7. The van der Waals surface area contributed by atoms with Crippen molar-refractivity contribution >= 4 is 41.5 Å². The Morgan fingerprint density at radius 1 is 1.33 bits per heavy atom. The van der Waals surface area contributed by atoms with Crippen molar-refractivity contribution in [2.75, 3.05) is 20.2 Å². The highest BCUT2D eigenvalue weighted by Crippen LogP contribution is 2.17. The maximum Gasteiger partial charge on any atom is 0.191 e. The Hall–Kier alpha value is -1.54. The number of aliphatic imine (C=N–C) groups is 1. The van der Waals surface area contributed by atoms with E-state index in [0.29, 0.717) is 19.1 Å². The molecule has 1 aromatic heterocycles. The molecular weight excluding hydrogens is 439 g/mol. The molecule has 2 rings (SSSR count). The van der Waals surface area contributed by atoms with Crippen molar-refractivity contribution in [1.82, 2.24) is 15.6 Å². The second-order valence-corrected chi connectivity index (χ2v) is 5.39. The van der Waals surface area contributed by atoms with Gasteiger partial charge in [-0.2, -0.15) is 0 Å². The van der Waals surface area contributed by atoms with Gasteiger partial charge in [-0.25, -0.2) is 0 Å². The predicted octanol–water partition coefficient (Wildman–Crippen LogP) is 3.66. The van der Waals surface area contributed by atoms with Gasteiger partial charge in [0.15, 0.2) is 5.96 Å². The van der Waals surface area contributed by atoms with E-state index in [0.717, 1.165) is 16.3 Å². The van der Waals surface area contributed by atoms with Crippen LogP contribution in [-0.2, 0) is 0 Å². The van der Waals surface area contributed by atoms with Gasteiger partial charge in [0.1, 0.15) is 12.4 Å². The minimum absolute atomic E-state index is 0. The van der Waals surface area contributed by atoms with Crippen molar-refractivity contribution in [3.05, 3.63) is 59.4 Å². The lowest BCUT2D eigenvalue weighted by Crippen LogP contribution is -2.40. The van der Waals surface area contributed by atoms with Crippen molar-refractivity contribution in [3.63, 3.8) is 0 Å². The summed E-state index contributed by atoms with van der Waals surface area (Å²) in [6, 6.07) is 11.6. The smallest absolute Gasteiger partial charge is 0.191 e. The second-order valence-electron chi connectivity index (χ2n) is 4.96. The fraction of sp³-hybridized carbons (Fsp3) is 0.294. The SMILES string of the molecule is CN=C(NCCOc1cccnc1)NC(C)c1cccc(Cl)c1.I. The van der Waals surface area contributed by atoms with Gasteiger partial charge in [-0.1, -0.05) is 23.7 Å². The number of rotatable bonds is 6. The van der Waals surface area contributed by atoms with E-state index >= 15 is 0 Å². The molecule has 0 saturated heterocycles. The Bertz CT molecular complexity index is 639. The Labute approximate surface area is 164 Å². The molecule has 2 aromatic rings. The number of nitrogens with one attached hydrogen (secondary N) is 2. The van der Waals surface area contributed by atoms with Crippen molar-refractivity contribution in [3.8, 4) is 5.75 Å². The molecule has 0 aliphatic rings. The van der Waals surface area contributed by atoms with Gasteiger partial charge in [-0.15, -0.1) is 24.0 Å². The van der Waals surface area contributed by atoms with Crippen LogP contribution in [0.15, 0.2) is 53.8 Å². The topological polar surface area (TPSA) is 58.5 Å². The van der Waals surface area contributed by atoms with E-state index in [4.69, 9.17) is 16.3 Å². The maximum absolute atomic E-state index is 6.02. The first-order valence-electron chi connectivity index (χ1n) is 7.44. The molecule has 0 aliphatic heterocycles. The summed E-state index contributed by atoms with van der Waals surface area (Å²) in [6.45, 7) is 3.22. The average Bonchev–Trinajstić information content (AvgIpc) is 2.58. The monoisotopic (exact) mass is 460 g/mol. The van der Waals surface area contributed by atoms with Gasteiger partial charge in [0.05, 0.1) is 18.8 Å². The van der Waals surface area contributed by atoms with Crippen LogP contribution in [0.3, 0.4) is 0 Å². The molecule has 7 heteroatoms. The number of nitrogens with zero attached hydrogens (tertiary/aromatic N) is 2. The highest BCUT2D eigenvalue weighted by atomic mass is 127. The maximum atomic E-state index is 6.02. The molecule has 1 heterocycles. The van der Waals surface area contributed by atoms with E-state index < -0.39 is 0 Å². The molecule has 1 atom stereocenters. The van der Waals surface area contributed by atoms with Crippen molar-refractivity contribution < 1.29 is 4.74 Å². The van der Waals surface area contributed by atoms with E-state index in [2.05, 4.69) is 27.5 Å². The minimum atomic E-state index is 0.